The zero-order valence-electron chi connectivity index (χ0n) is 14.3. The Morgan fingerprint density at radius 1 is 1.40 bits per heavy atom. The smallest absolute Gasteiger partial charge is 0.242 e. The van der Waals surface area contributed by atoms with Crippen LogP contribution in [0.15, 0.2) is 24.5 Å². The molecule has 2 aromatic heterocycles. The summed E-state index contributed by atoms with van der Waals surface area (Å²) in [7, 11) is 0. The number of ether oxygens (including phenoxy) is 1. The number of nitrogens with zero attached hydrogens (tertiary/aromatic N) is 6. The highest BCUT2D eigenvalue weighted by atomic mass is 16.5. The first-order chi connectivity index (χ1) is 12.2. The second kappa shape index (κ2) is 8.52. The van der Waals surface area contributed by atoms with Gasteiger partial charge in [-0.15, -0.1) is 5.10 Å². The van der Waals surface area contributed by atoms with Crippen molar-refractivity contribution in [3.05, 3.63) is 30.4 Å². The molecule has 9 heteroatoms. The van der Waals surface area contributed by atoms with E-state index >= 15 is 0 Å². The quantitative estimate of drug-likeness (QED) is 0.732. The van der Waals surface area contributed by atoms with Crippen molar-refractivity contribution in [2.75, 3.05) is 19.6 Å². The molecule has 1 aliphatic rings. The molecule has 3 rings (SSSR count). The summed E-state index contributed by atoms with van der Waals surface area (Å²) in [5.41, 5.74) is 0. The monoisotopic (exact) mass is 345 g/mol. The predicted octanol–water partition coefficient (Wildman–Crippen LogP) is 0.248. The van der Waals surface area contributed by atoms with Crippen LogP contribution in [0.1, 0.15) is 25.6 Å². The first-order valence-electron chi connectivity index (χ1n) is 8.51. The number of aromatic nitrogens is 5. The molecule has 2 aromatic rings. The van der Waals surface area contributed by atoms with E-state index in [0.717, 1.165) is 18.9 Å². The topological polar surface area (TPSA) is 98.1 Å². The molecule has 0 saturated carbocycles. The summed E-state index contributed by atoms with van der Waals surface area (Å²) in [6.45, 7) is 5.20. The van der Waals surface area contributed by atoms with Crippen LogP contribution < -0.4 is 10.1 Å². The van der Waals surface area contributed by atoms with Gasteiger partial charge < -0.3 is 10.1 Å². The molecule has 134 valence electrons. The Balaban J connectivity index is 1.44. The standard InChI is InChI=1S/C16H23N7O2/c1-13(25-14-5-4-6-17-10-14)9-18-16(24)12-23-15(19-20-21-23)11-22-7-2-3-8-22/h4-6,10,13H,2-3,7-9,11-12H2,1H3,(H,18,24)/t13-/m0/s1. The number of pyridine rings is 1. The fourth-order valence-corrected chi connectivity index (χ4v) is 2.74. The Kier molecular flexibility index (Phi) is 5.89. The van der Waals surface area contributed by atoms with Crippen LogP contribution in [0.3, 0.4) is 0 Å². The van der Waals surface area contributed by atoms with Crippen molar-refractivity contribution < 1.29 is 9.53 Å². The molecule has 25 heavy (non-hydrogen) atoms. The Hall–Kier alpha value is -2.55. The van der Waals surface area contributed by atoms with Crippen molar-refractivity contribution in [1.29, 1.82) is 0 Å². The molecule has 1 N–H and O–H groups in total. The summed E-state index contributed by atoms with van der Waals surface area (Å²) in [5, 5.41) is 14.5. The van der Waals surface area contributed by atoms with Crippen LogP contribution in [0.4, 0.5) is 0 Å². The maximum absolute atomic E-state index is 12.1. The summed E-state index contributed by atoms with van der Waals surface area (Å²) in [5.74, 6) is 1.26. The summed E-state index contributed by atoms with van der Waals surface area (Å²) in [6.07, 6.45) is 5.58. The Bertz CT molecular complexity index is 670. The molecule has 0 spiro atoms. The lowest BCUT2D eigenvalue weighted by atomic mass is 10.3. The van der Waals surface area contributed by atoms with Crippen LogP contribution in [0.2, 0.25) is 0 Å². The van der Waals surface area contributed by atoms with Gasteiger partial charge in [0.05, 0.1) is 19.3 Å². The van der Waals surface area contributed by atoms with E-state index in [4.69, 9.17) is 4.74 Å². The van der Waals surface area contributed by atoms with Crippen LogP contribution in [0.5, 0.6) is 5.75 Å². The van der Waals surface area contributed by atoms with E-state index in [0.29, 0.717) is 18.8 Å². The molecule has 0 aromatic carbocycles. The summed E-state index contributed by atoms with van der Waals surface area (Å²) in [4.78, 5) is 18.4. The van der Waals surface area contributed by atoms with Crippen molar-refractivity contribution in [1.82, 2.24) is 35.4 Å². The molecular weight excluding hydrogens is 322 g/mol. The molecule has 0 unspecified atom stereocenters. The highest BCUT2D eigenvalue weighted by Gasteiger charge is 2.17. The number of rotatable bonds is 8. The van der Waals surface area contributed by atoms with Crippen LogP contribution in [0, 0.1) is 0 Å². The van der Waals surface area contributed by atoms with Gasteiger partial charge in [0.1, 0.15) is 18.4 Å². The van der Waals surface area contributed by atoms with Crippen molar-refractivity contribution in [2.45, 2.75) is 39.0 Å². The SMILES string of the molecule is C[C@@H](CNC(=O)Cn1nnnc1CN1CCCC1)Oc1cccnc1. The van der Waals surface area contributed by atoms with Crippen LogP contribution in [-0.2, 0) is 17.9 Å². The Morgan fingerprint density at radius 2 is 2.24 bits per heavy atom. The van der Waals surface area contributed by atoms with Gasteiger partial charge in [-0.3, -0.25) is 14.7 Å². The third kappa shape index (κ3) is 5.21. The van der Waals surface area contributed by atoms with Crippen LogP contribution in [0.25, 0.3) is 0 Å². The fraction of sp³-hybridized carbons (Fsp3) is 0.562. The van der Waals surface area contributed by atoms with Gasteiger partial charge in [-0.1, -0.05) is 0 Å². The highest BCUT2D eigenvalue weighted by Crippen LogP contribution is 2.10. The molecule has 9 nitrogen and oxygen atoms in total. The van der Waals surface area contributed by atoms with E-state index < -0.39 is 0 Å². The Morgan fingerprint density at radius 3 is 3.00 bits per heavy atom. The number of hydrogen-bond acceptors (Lipinski definition) is 7. The molecular formula is C16H23N7O2. The van der Waals surface area contributed by atoms with E-state index in [2.05, 4.69) is 30.7 Å². The molecule has 0 aliphatic carbocycles. The normalized spacial score (nSPS) is 15.9. The van der Waals surface area contributed by atoms with Gasteiger partial charge in [-0.2, -0.15) is 0 Å². The lowest BCUT2D eigenvalue weighted by Crippen LogP contribution is -2.36. The second-order valence-corrected chi connectivity index (χ2v) is 6.16. The molecule has 3 heterocycles. The van der Waals surface area contributed by atoms with E-state index in [1.807, 2.05) is 13.0 Å². The minimum absolute atomic E-state index is 0.107. The molecule has 1 atom stereocenters. The van der Waals surface area contributed by atoms with E-state index in [9.17, 15) is 4.79 Å². The van der Waals surface area contributed by atoms with Crippen molar-refractivity contribution in [2.24, 2.45) is 0 Å². The minimum Gasteiger partial charge on any atom is -0.487 e. The average Bonchev–Trinajstić information content (AvgIpc) is 3.27. The van der Waals surface area contributed by atoms with Crippen molar-refractivity contribution >= 4 is 5.91 Å². The number of amides is 1. The first kappa shape index (κ1) is 17.3. The maximum atomic E-state index is 12.1. The summed E-state index contributed by atoms with van der Waals surface area (Å²) < 4.78 is 7.24. The summed E-state index contributed by atoms with van der Waals surface area (Å²) in [6, 6.07) is 3.64. The predicted molar refractivity (Wildman–Crippen MR) is 89.7 cm³/mol. The lowest BCUT2D eigenvalue weighted by Gasteiger charge is -2.16. The molecule has 0 radical (unpaired) electrons. The number of carbonyl (C=O) groups is 1. The van der Waals surface area contributed by atoms with Crippen molar-refractivity contribution in [3.8, 4) is 5.75 Å². The van der Waals surface area contributed by atoms with E-state index in [1.165, 1.54) is 12.8 Å². The number of hydrogen-bond donors (Lipinski definition) is 1. The molecule has 0 bridgehead atoms. The third-order valence-corrected chi connectivity index (χ3v) is 4.02. The minimum atomic E-state index is -0.161. The number of carbonyl (C=O) groups excluding carboxylic acids is 1. The first-order valence-corrected chi connectivity index (χ1v) is 8.51. The van der Waals surface area contributed by atoms with Gasteiger partial charge in [0.2, 0.25) is 5.91 Å². The molecule has 1 aliphatic heterocycles. The Labute approximate surface area is 146 Å². The zero-order chi connectivity index (χ0) is 17.5. The van der Waals surface area contributed by atoms with Gasteiger partial charge in [-0.25, -0.2) is 4.68 Å². The van der Waals surface area contributed by atoms with Crippen molar-refractivity contribution in [3.63, 3.8) is 0 Å². The number of tetrazole rings is 1. The average molecular weight is 345 g/mol. The second-order valence-electron chi connectivity index (χ2n) is 6.16. The number of likely N-dealkylation sites (tertiary alicyclic amines) is 1. The summed E-state index contributed by atoms with van der Waals surface area (Å²) >= 11 is 0. The zero-order valence-corrected chi connectivity index (χ0v) is 14.3. The van der Waals surface area contributed by atoms with Crippen LogP contribution >= 0.6 is 0 Å². The van der Waals surface area contributed by atoms with E-state index in [1.54, 1.807) is 23.1 Å². The van der Waals surface area contributed by atoms with Gasteiger partial charge >= 0.3 is 0 Å². The molecule has 1 saturated heterocycles. The third-order valence-electron chi connectivity index (χ3n) is 4.02. The van der Waals surface area contributed by atoms with Gasteiger partial charge in [0.25, 0.3) is 0 Å². The molecule has 1 amide bonds. The van der Waals surface area contributed by atoms with Gasteiger partial charge in [0.15, 0.2) is 5.82 Å². The molecule has 1 fully saturated rings. The maximum Gasteiger partial charge on any atom is 0.242 e. The van der Waals surface area contributed by atoms with Gasteiger partial charge in [-0.05, 0) is 55.4 Å². The highest BCUT2D eigenvalue weighted by molar-refractivity contribution is 5.75. The number of nitrogens with one attached hydrogen (secondary N) is 1. The fourth-order valence-electron chi connectivity index (χ4n) is 2.74. The largest absolute Gasteiger partial charge is 0.487 e. The van der Waals surface area contributed by atoms with Crippen LogP contribution in [-0.4, -0.2) is 61.7 Å². The van der Waals surface area contributed by atoms with Gasteiger partial charge in [0, 0.05) is 6.20 Å². The van der Waals surface area contributed by atoms with E-state index in [-0.39, 0.29) is 18.6 Å². The lowest BCUT2D eigenvalue weighted by molar-refractivity contribution is -0.122.